The van der Waals surface area contributed by atoms with Gasteiger partial charge >= 0.3 is 0 Å². The highest BCUT2D eigenvalue weighted by atomic mass is 35.5. The van der Waals surface area contributed by atoms with E-state index in [1.165, 1.54) is 5.56 Å². The van der Waals surface area contributed by atoms with Crippen LogP contribution in [-0.4, -0.2) is 6.54 Å². The summed E-state index contributed by atoms with van der Waals surface area (Å²) in [5.74, 6) is 0. The third-order valence-electron chi connectivity index (χ3n) is 1.64. The van der Waals surface area contributed by atoms with Crippen molar-refractivity contribution in [2.75, 3.05) is 6.54 Å². The van der Waals surface area contributed by atoms with Gasteiger partial charge in [0.25, 0.3) is 0 Å². The van der Waals surface area contributed by atoms with Gasteiger partial charge in [0.2, 0.25) is 0 Å². The van der Waals surface area contributed by atoms with Crippen LogP contribution in [0.15, 0.2) is 28.4 Å². The highest BCUT2D eigenvalue weighted by Gasteiger charge is 2.03. The fourth-order valence-corrected chi connectivity index (χ4v) is 1.73. The molecular formula is C9H12ClNS. The van der Waals surface area contributed by atoms with E-state index in [0.29, 0.717) is 17.6 Å². The van der Waals surface area contributed by atoms with Crippen molar-refractivity contribution >= 4 is 22.9 Å². The Balaban J connectivity index is 2.39. The van der Waals surface area contributed by atoms with Gasteiger partial charge < -0.3 is 5.32 Å². The van der Waals surface area contributed by atoms with Gasteiger partial charge in [-0.25, -0.2) is 0 Å². The van der Waals surface area contributed by atoms with Crippen molar-refractivity contribution in [3.8, 4) is 0 Å². The van der Waals surface area contributed by atoms with Gasteiger partial charge in [-0.2, -0.15) is 11.3 Å². The van der Waals surface area contributed by atoms with E-state index in [-0.39, 0.29) is 0 Å². The Morgan fingerprint density at radius 1 is 1.83 bits per heavy atom. The van der Waals surface area contributed by atoms with E-state index in [1.54, 1.807) is 11.3 Å². The van der Waals surface area contributed by atoms with Gasteiger partial charge in [-0.3, -0.25) is 0 Å². The minimum atomic E-state index is 0.353. The maximum Gasteiger partial charge on any atom is 0.0313 e. The summed E-state index contributed by atoms with van der Waals surface area (Å²) in [6, 6.07) is 2.46. The molecule has 0 spiro atoms. The van der Waals surface area contributed by atoms with Gasteiger partial charge in [0.15, 0.2) is 0 Å². The van der Waals surface area contributed by atoms with E-state index < -0.39 is 0 Å². The number of nitrogens with one attached hydrogen (secondary N) is 1. The topological polar surface area (TPSA) is 12.0 Å². The Morgan fingerprint density at radius 2 is 2.58 bits per heavy atom. The molecule has 1 nitrogen and oxygen atoms in total. The number of rotatable bonds is 4. The molecule has 1 heterocycles. The average molecular weight is 202 g/mol. The molecule has 1 aromatic heterocycles. The first kappa shape index (κ1) is 9.78. The average Bonchev–Trinajstić information content (AvgIpc) is 2.51. The molecule has 0 aliphatic heterocycles. The van der Waals surface area contributed by atoms with Crippen LogP contribution in [0.1, 0.15) is 18.5 Å². The molecule has 1 aromatic rings. The van der Waals surface area contributed by atoms with E-state index >= 15 is 0 Å². The third-order valence-corrected chi connectivity index (χ3v) is 2.48. The van der Waals surface area contributed by atoms with E-state index in [9.17, 15) is 0 Å². The highest BCUT2D eigenvalue weighted by molar-refractivity contribution is 7.07. The molecule has 1 N–H and O–H groups in total. The molecule has 0 amide bonds. The largest absolute Gasteiger partial charge is 0.305 e. The van der Waals surface area contributed by atoms with Crippen molar-refractivity contribution in [2.45, 2.75) is 13.0 Å². The van der Waals surface area contributed by atoms with Crippen molar-refractivity contribution in [1.82, 2.24) is 5.32 Å². The summed E-state index contributed by atoms with van der Waals surface area (Å²) < 4.78 is 0. The van der Waals surface area contributed by atoms with Crippen LogP contribution in [0, 0.1) is 0 Å². The van der Waals surface area contributed by atoms with Gasteiger partial charge in [-0.1, -0.05) is 18.2 Å². The number of hydrogen-bond acceptors (Lipinski definition) is 2. The van der Waals surface area contributed by atoms with Crippen molar-refractivity contribution in [1.29, 1.82) is 0 Å². The number of halogens is 1. The van der Waals surface area contributed by atoms with Crippen LogP contribution in [0.2, 0.25) is 0 Å². The molecule has 1 unspecified atom stereocenters. The zero-order valence-corrected chi connectivity index (χ0v) is 8.58. The Hall–Kier alpha value is -0.310. The molecule has 1 rings (SSSR count). The molecule has 0 saturated carbocycles. The predicted molar refractivity (Wildman–Crippen MR) is 55.7 cm³/mol. The van der Waals surface area contributed by atoms with Crippen LogP contribution >= 0.6 is 22.9 Å². The van der Waals surface area contributed by atoms with Gasteiger partial charge in [0, 0.05) is 17.6 Å². The van der Waals surface area contributed by atoms with Gasteiger partial charge in [-0.15, -0.1) is 0 Å². The summed E-state index contributed by atoms with van der Waals surface area (Å²) in [4.78, 5) is 0. The lowest BCUT2D eigenvalue weighted by Gasteiger charge is -2.10. The second-order valence-electron chi connectivity index (χ2n) is 2.68. The van der Waals surface area contributed by atoms with Crippen LogP contribution in [0.5, 0.6) is 0 Å². The number of hydrogen-bond donors (Lipinski definition) is 1. The van der Waals surface area contributed by atoms with Crippen LogP contribution in [0.4, 0.5) is 0 Å². The van der Waals surface area contributed by atoms with Crippen LogP contribution in [-0.2, 0) is 0 Å². The summed E-state index contributed by atoms with van der Waals surface area (Å²) in [5, 5.41) is 8.12. The molecule has 0 fully saturated rings. The van der Waals surface area contributed by atoms with E-state index in [2.05, 4.69) is 35.6 Å². The minimum Gasteiger partial charge on any atom is -0.305 e. The second kappa shape index (κ2) is 4.65. The summed E-state index contributed by atoms with van der Waals surface area (Å²) in [7, 11) is 0. The van der Waals surface area contributed by atoms with E-state index in [0.717, 1.165) is 0 Å². The molecule has 0 bridgehead atoms. The molecular weight excluding hydrogens is 190 g/mol. The molecule has 0 aromatic carbocycles. The lowest BCUT2D eigenvalue weighted by Crippen LogP contribution is -2.19. The fraction of sp³-hybridized carbons (Fsp3) is 0.333. The lowest BCUT2D eigenvalue weighted by atomic mass is 10.2. The Morgan fingerprint density at radius 3 is 3.08 bits per heavy atom. The smallest absolute Gasteiger partial charge is 0.0313 e. The van der Waals surface area contributed by atoms with Crippen LogP contribution in [0.3, 0.4) is 0 Å². The first-order chi connectivity index (χ1) is 5.70. The lowest BCUT2D eigenvalue weighted by molar-refractivity contribution is 0.616. The van der Waals surface area contributed by atoms with E-state index in [1.807, 2.05) is 0 Å². The number of thiophene rings is 1. The van der Waals surface area contributed by atoms with Gasteiger partial charge in [0.1, 0.15) is 0 Å². The molecule has 12 heavy (non-hydrogen) atoms. The van der Waals surface area contributed by atoms with Crippen molar-refractivity contribution in [3.05, 3.63) is 34.0 Å². The summed E-state index contributed by atoms with van der Waals surface area (Å²) >= 11 is 7.34. The molecule has 0 radical (unpaired) electrons. The quantitative estimate of drug-likeness (QED) is 0.789. The van der Waals surface area contributed by atoms with Crippen molar-refractivity contribution in [3.63, 3.8) is 0 Å². The molecule has 0 saturated heterocycles. The SMILES string of the molecule is C=C(Cl)CNC(C)c1ccsc1. The molecule has 1 atom stereocenters. The maximum absolute atomic E-state index is 5.63. The summed E-state index contributed by atoms with van der Waals surface area (Å²) in [6.07, 6.45) is 0. The summed E-state index contributed by atoms with van der Waals surface area (Å²) in [5.41, 5.74) is 1.30. The third kappa shape index (κ3) is 2.97. The van der Waals surface area contributed by atoms with Gasteiger partial charge in [0.05, 0.1) is 0 Å². The first-order valence-corrected chi connectivity index (χ1v) is 5.11. The van der Waals surface area contributed by atoms with Crippen LogP contribution in [0.25, 0.3) is 0 Å². The highest BCUT2D eigenvalue weighted by Crippen LogP contribution is 2.15. The second-order valence-corrected chi connectivity index (χ2v) is 3.99. The van der Waals surface area contributed by atoms with Crippen LogP contribution < -0.4 is 5.32 Å². The molecule has 0 aliphatic rings. The van der Waals surface area contributed by atoms with Crippen molar-refractivity contribution in [2.24, 2.45) is 0 Å². The molecule has 3 heteroatoms. The Bertz CT molecular complexity index is 243. The Kier molecular flexibility index (Phi) is 3.79. The molecule has 0 aliphatic carbocycles. The monoisotopic (exact) mass is 201 g/mol. The first-order valence-electron chi connectivity index (χ1n) is 3.79. The standard InChI is InChI=1S/C9H12ClNS/c1-7(10)5-11-8(2)9-3-4-12-6-9/h3-4,6,8,11H,1,5H2,2H3. The van der Waals surface area contributed by atoms with Gasteiger partial charge in [-0.05, 0) is 29.3 Å². The minimum absolute atomic E-state index is 0.353. The fourth-order valence-electron chi connectivity index (χ4n) is 0.903. The summed E-state index contributed by atoms with van der Waals surface area (Å²) in [6.45, 7) is 6.39. The van der Waals surface area contributed by atoms with Crippen molar-refractivity contribution < 1.29 is 0 Å². The normalized spacial score (nSPS) is 12.8. The zero-order chi connectivity index (χ0) is 8.97. The zero-order valence-electron chi connectivity index (χ0n) is 7.01. The van der Waals surface area contributed by atoms with E-state index in [4.69, 9.17) is 11.6 Å². The Labute approximate surface area is 82.1 Å². The predicted octanol–water partition coefficient (Wildman–Crippen LogP) is 3.15. The maximum atomic E-state index is 5.63. The molecule has 66 valence electrons.